The van der Waals surface area contributed by atoms with Crippen LogP contribution in [0.25, 0.3) is 0 Å². The monoisotopic (exact) mass is 368 g/mol. The van der Waals surface area contributed by atoms with Crippen LogP contribution in [-0.4, -0.2) is 16.6 Å². The van der Waals surface area contributed by atoms with Crippen molar-refractivity contribution in [2.75, 3.05) is 5.32 Å². The van der Waals surface area contributed by atoms with Crippen molar-refractivity contribution in [2.45, 2.75) is 26.4 Å². The van der Waals surface area contributed by atoms with Crippen molar-refractivity contribution < 1.29 is 18.8 Å². The van der Waals surface area contributed by atoms with Crippen molar-refractivity contribution in [1.29, 1.82) is 0 Å². The largest absolute Gasteiger partial charge is 0.444 e. The molecular weight excluding hydrogens is 358 g/mol. The normalized spacial score (nSPS) is 11.1. The zero-order chi connectivity index (χ0) is 15.7. The van der Waals surface area contributed by atoms with Gasteiger partial charge >= 0.3 is 6.09 Å². The summed E-state index contributed by atoms with van der Waals surface area (Å²) in [6.07, 6.45) is -0.901. The second-order valence-electron chi connectivity index (χ2n) is 4.76. The maximum atomic E-state index is 13.9. The van der Waals surface area contributed by atoms with Crippen molar-refractivity contribution in [3.8, 4) is 0 Å². The number of rotatable bonds is 2. The van der Waals surface area contributed by atoms with Crippen LogP contribution in [0.5, 0.6) is 0 Å². The van der Waals surface area contributed by atoms with Gasteiger partial charge in [0.1, 0.15) is 5.60 Å². The number of hydrogen-bond donors (Lipinski definition) is 1. The molecule has 0 bridgehead atoms. The van der Waals surface area contributed by atoms with Gasteiger partial charge in [-0.2, -0.15) is 0 Å². The summed E-state index contributed by atoms with van der Waals surface area (Å²) < 4.78 is 18.9. The number of nitro groups is 1. The minimum atomic E-state index is -1.11. The van der Waals surface area contributed by atoms with E-state index in [4.69, 9.17) is 16.3 Å². The number of ether oxygens (including phenoxy) is 1. The third-order valence-electron chi connectivity index (χ3n) is 1.96. The van der Waals surface area contributed by atoms with Crippen molar-refractivity contribution >= 4 is 45.0 Å². The Hall–Kier alpha value is -1.41. The second-order valence-corrected chi connectivity index (χ2v) is 6.00. The van der Waals surface area contributed by atoms with Crippen molar-refractivity contribution in [1.82, 2.24) is 0 Å². The number of carbonyl (C=O) groups excluding carboxylic acids is 1. The number of nitrogens with zero attached hydrogens (tertiary/aromatic N) is 1. The number of anilines is 1. The standard InChI is InChI=1S/C11H11BrClFN2O4/c1-11(2,3)20-10(17)15-9-5(12)4-6(16(18)19)7(13)8(9)14/h4H,1-3H3,(H,15,17). The average molecular weight is 370 g/mol. The van der Waals surface area contributed by atoms with Crippen LogP contribution in [0, 0.1) is 15.9 Å². The fourth-order valence-electron chi connectivity index (χ4n) is 1.24. The predicted octanol–water partition coefficient (Wildman–Crippen LogP) is 4.50. The quantitative estimate of drug-likeness (QED) is 0.473. The molecule has 0 aromatic heterocycles. The Labute approximate surface area is 127 Å². The number of benzene rings is 1. The summed E-state index contributed by atoms with van der Waals surface area (Å²) in [5.74, 6) is -1.11. The molecule has 0 aliphatic heterocycles. The van der Waals surface area contributed by atoms with Gasteiger partial charge in [-0.15, -0.1) is 0 Å². The summed E-state index contributed by atoms with van der Waals surface area (Å²) in [5, 5.41) is 12.1. The molecular formula is C11H11BrClFN2O4. The topological polar surface area (TPSA) is 81.5 Å². The summed E-state index contributed by atoms with van der Waals surface area (Å²) in [7, 11) is 0. The highest BCUT2D eigenvalue weighted by Crippen LogP contribution is 2.37. The second kappa shape index (κ2) is 5.92. The summed E-state index contributed by atoms with van der Waals surface area (Å²) in [4.78, 5) is 21.4. The highest BCUT2D eigenvalue weighted by atomic mass is 79.9. The third kappa shape index (κ3) is 4.04. The van der Waals surface area contributed by atoms with E-state index >= 15 is 0 Å². The van der Waals surface area contributed by atoms with Crippen molar-refractivity contribution in [3.63, 3.8) is 0 Å². The predicted molar refractivity (Wildman–Crippen MR) is 75.6 cm³/mol. The van der Waals surface area contributed by atoms with Gasteiger partial charge in [0.05, 0.1) is 15.1 Å². The van der Waals surface area contributed by atoms with Crippen LogP contribution in [0.2, 0.25) is 5.02 Å². The Morgan fingerprint density at radius 2 is 2.10 bits per heavy atom. The van der Waals surface area contributed by atoms with Gasteiger partial charge in [0.25, 0.3) is 5.69 Å². The molecule has 1 amide bonds. The lowest BCUT2D eigenvalue weighted by Gasteiger charge is -2.20. The maximum Gasteiger partial charge on any atom is 0.412 e. The molecule has 0 radical (unpaired) electrons. The molecule has 0 aliphatic rings. The summed E-state index contributed by atoms with van der Waals surface area (Å²) in [5.41, 5.74) is -1.70. The summed E-state index contributed by atoms with van der Waals surface area (Å²) in [6, 6.07) is 0.998. The van der Waals surface area contributed by atoms with Crippen LogP contribution in [0.1, 0.15) is 20.8 Å². The number of nitrogens with one attached hydrogen (secondary N) is 1. The smallest absolute Gasteiger partial charge is 0.412 e. The van der Waals surface area contributed by atoms with Gasteiger partial charge in [0, 0.05) is 6.07 Å². The lowest BCUT2D eigenvalue weighted by atomic mass is 10.2. The molecule has 1 aromatic carbocycles. The molecule has 0 saturated heterocycles. The van der Waals surface area contributed by atoms with Crippen molar-refractivity contribution in [3.05, 3.63) is 31.5 Å². The molecule has 0 spiro atoms. The van der Waals surface area contributed by atoms with E-state index in [1.807, 2.05) is 0 Å². The van der Waals surface area contributed by atoms with Gasteiger partial charge in [-0.1, -0.05) is 11.6 Å². The number of carbonyl (C=O) groups is 1. The van der Waals surface area contributed by atoms with Gasteiger partial charge in [-0.25, -0.2) is 9.18 Å². The molecule has 1 aromatic rings. The Balaban J connectivity index is 3.12. The molecule has 110 valence electrons. The van der Waals surface area contributed by atoms with Crippen LogP contribution in [0.3, 0.4) is 0 Å². The molecule has 1 N–H and O–H groups in total. The van der Waals surface area contributed by atoms with Gasteiger partial charge in [0.15, 0.2) is 10.8 Å². The van der Waals surface area contributed by atoms with Crippen molar-refractivity contribution in [2.24, 2.45) is 0 Å². The fraction of sp³-hybridized carbons (Fsp3) is 0.364. The first-order valence-electron chi connectivity index (χ1n) is 5.35. The first-order valence-corrected chi connectivity index (χ1v) is 6.52. The van der Waals surface area contributed by atoms with Gasteiger partial charge in [0.2, 0.25) is 0 Å². The molecule has 0 aliphatic carbocycles. The lowest BCUT2D eigenvalue weighted by molar-refractivity contribution is -0.384. The molecule has 0 fully saturated rings. The number of halogens is 3. The molecule has 0 heterocycles. The van der Waals surface area contributed by atoms with Crippen LogP contribution in [0.4, 0.5) is 20.6 Å². The van der Waals surface area contributed by atoms with Crippen LogP contribution < -0.4 is 5.32 Å². The van der Waals surface area contributed by atoms with Gasteiger partial charge in [-0.05, 0) is 36.7 Å². The SMILES string of the molecule is CC(C)(C)OC(=O)Nc1c(Br)cc([N+](=O)[O-])c(Cl)c1F. The Morgan fingerprint density at radius 3 is 2.55 bits per heavy atom. The van der Waals surface area contributed by atoms with E-state index in [2.05, 4.69) is 21.2 Å². The van der Waals surface area contributed by atoms with E-state index in [1.54, 1.807) is 20.8 Å². The zero-order valence-corrected chi connectivity index (χ0v) is 13.1. The fourth-order valence-corrected chi connectivity index (χ4v) is 1.94. The summed E-state index contributed by atoms with van der Waals surface area (Å²) in [6.45, 7) is 4.92. The Kier molecular flexibility index (Phi) is 4.93. The first-order chi connectivity index (χ1) is 9.03. The number of amides is 1. The van der Waals surface area contributed by atoms with Crippen LogP contribution in [-0.2, 0) is 4.74 Å². The van der Waals surface area contributed by atoms with Crippen LogP contribution in [0.15, 0.2) is 10.5 Å². The zero-order valence-electron chi connectivity index (χ0n) is 10.8. The molecule has 20 heavy (non-hydrogen) atoms. The highest BCUT2D eigenvalue weighted by molar-refractivity contribution is 9.10. The van der Waals surface area contributed by atoms with E-state index in [-0.39, 0.29) is 10.2 Å². The maximum absolute atomic E-state index is 13.9. The molecule has 0 atom stereocenters. The van der Waals surface area contributed by atoms with E-state index in [1.165, 1.54) is 0 Å². The van der Waals surface area contributed by atoms with Gasteiger partial charge in [-0.3, -0.25) is 15.4 Å². The molecule has 1 rings (SSSR count). The number of nitro benzene ring substituents is 1. The highest BCUT2D eigenvalue weighted by Gasteiger charge is 2.25. The molecule has 0 saturated carbocycles. The molecule has 9 heteroatoms. The minimum absolute atomic E-state index is 0.0167. The summed E-state index contributed by atoms with van der Waals surface area (Å²) >= 11 is 8.49. The lowest BCUT2D eigenvalue weighted by Crippen LogP contribution is -2.27. The van der Waals surface area contributed by atoms with E-state index < -0.39 is 33.1 Å². The molecule has 0 unspecified atom stereocenters. The Bertz CT molecular complexity index is 575. The Morgan fingerprint density at radius 1 is 1.55 bits per heavy atom. The van der Waals surface area contributed by atoms with E-state index in [0.29, 0.717) is 0 Å². The van der Waals surface area contributed by atoms with E-state index in [9.17, 15) is 19.3 Å². The first kappa shape index (κ1) is 16.6. The minimum Gasteiger partial charge on any atom is -0.444 e. The average Bonchev–Trinajstić information content (AvgIpc) is 2.26. The third-order valence-corrected chi connectivity index (χ3v) is 2.95. The molecule has 6 nitrogen and oxygen atoms in total. The van der Waals surface area contributed by atoms with Crippen LogP contribution >= 0.6 is 27.5 Å². The number of hydrogen-bond acceptors (Lipinski definition) is 4. The van der Waals surface area contributed by atoms with Gasteiger partial charge < -0.3 is 4.74 Å². The van der Waals surface area contributed by atoms with E-state index in [0.717, 1.165) is 6.07 Å².